The van der Waals surface area contributed by atoms with E-state index >= 15 is 0 Å². The van der Waals surface area contributed by atoms with E-state index in [4.69, 9.17) is 0 Å². The number of hydrogen-bond acceptors (Lipinski definition) is 2. The Balaban J connectivity index is 2.60. The second kappa shape index (κ2) is 5.51. The van der Waals surface area contributed by atoms with Crippen LogP contribution in [-0.2, 0) is 6.42 Å². The number of amides is 1. The lowest BCUT2D eigenvalue weighted by atomic mass is 10.1. The fraction of sp³-hybridized carbons (Fsp3) is 0.417. The van der Waals surface area contributed by atoms with Gasteiger partial charge in [0.15, 0.2) is 0 Å². The summed E-state index contributed by atoms with van der Waals surface area (Å²) in [6, 6.07) is 7.75. The Labute approximate surface area is 91.1 Å². The Bertz CT molecular complexity index is 317. The van der Waals surface area contributed by atoms with E-state index in [0.29, 0.717) is 5.56 Å². The first-order chi connectivity index (χ1) is 7.13. The summed E-state index contributed by atoms with van der Waals surface area (Å²) >= 11 is 0. The third-order valence-corrected chi connectivity index (χ3v) is 2.29. The van der Waals surface area contributed by atoms with Gasteiger partial charge in [0.25, 0.3) is 5.91 Å². The number of carbonyl (C=O) groups excluding carboxylic acids is 1. The van der Waals surface area contributed by atoms with E-state index in [9.17, 15) is 4.79 Å². The van der Waals surface area contributed by atoms with E-state index in [-0.39, 0.29) is 5.91 Å². The molecule has 1 amide bonds. The SMILES string of the molecule is CNC(=O)c1ccc(CCN(C)C)cc1. The molecule has 0 spiro atoms. The lowest BCUT2D eigenvalue weighted by molar-refractivity contribution is 0.0963. The molecule has 1 N–H and O–H groups in total. The number of rotatable bonds is 4. The molecule has 0 aliphatic heterocycles. The van der Waals surface area contributed by atoms with Crippen LogP contribution in [-0.4, -0.2) is 38.5 Å². The summed E-state index contributed by atoms with van der Waals surface area (Å²) in [5.41, 5.74) is 1.97. The number of likely N-dealkylation sites (N-methyl/N-ethyl adjacent to an activating group) is 1. The minimum Gasteiger partial charge on any atom is -0.355 e. The normalized spacial score (nSPS) is 10.4. The average Bonchev–Trinajstić information content (AvgIpc) is 2.26. The lowest BCUT2D eigenvalue weighted by Gasteiger charge is -2.09. The van der Waals surface area contributed by atoms with Crippen LogP contribution in [0.4, 0.5) is 0 Å². The van der Waals surface area contributed by atoms with Crippen LogP contribution in [0.2, 0.25) is 0 Å². The molecule has 3 nitrogen and oxygen atoms in total. The average molecular weight is 206 g/mol. The van der Waals surface area contributed by atoms with E-state index in [1.165, 1.54) is 5.56 Å². The highest BCUT2D eigenvalue weighted by molar-refractivity contribution is 5.93. The van der Waals surface area contributed by atoms with Crippen molar-refractivity contribution in [2.75, 3.05) is 27.7 Å². The second-order valence-corrected chi connectivity index (χ2v) is 3.83. The van der Waals surface area contributed by atoms with Gasteiger partial charge in [-0.25, -0.2) is 0 Å². The van der Waals surface area contributed by atoms with E-state index in [1.807, 2.05) is 24.3 Å². The van der Waals surface area contributed by atoms with Crippen molar-refractivity contribution in [1.29, 1.82) is 0 Å². The molecule has 0 saturated heterocycles. The van der Waals surface area contributed by atoms with Crippen LogP contribution >= 0.6 is 0 Å². The molecule has 82 valence electrons. The predicted molar refractivity (Wildman–Crippen MR) is 62.1 cm³/mol. The molecule has 3 heteroatoms. The molecule has 0 saturated carbocycles. The van der Waals surface area contributed by atoms with Gasteiger partial charge in [0.05, 0.1) is 0 Å². The van der Waals surface area contributed by atoms with Gasteiger partial charge in [0.2, 0.25) is 0 Å². The highest BCUT2D eigenvalue weighted by Gasteiger charge is 2.02. The first-order valence-corrected chi connectivity index (χ1v) is 5.09. The summed E-state index contributed by atoms with van der Waals surface area (Å²) in [6.07, 6.45) is 1.01. The van der Waals surface area contributed by atoms with E-state index < -0.39 is 0 Å². The van der Waals surface area contributed by atoms with Crippen molar-refractivity contribution in [3.05, 3.63) is 35.4 Å². The Hall–Kier alpha value is -1.35. The Morgan fingerprint density at radius 3 is 2.33 bits per heavy atom. The third-order valence-electron chi connectivity index (χ3n) is 2.29. The van der Waals surface area contributed by atoms with Crippen molar-refractivity contribution in [3.63, 3.8) is 0 Å². The van der Waals surface area contributed by atoms with Crippen molar-refractivity contribution < 1.29 is 4.79 Å². The van der Waals surface area contributed by atoms with Gasteiger partial charge in [0.1, 0.15) is 0 Å². The molecule has 0 atom stereocenters. The monoisotopic (exact) mass is 206 g/mol. The fourth-order valence-electron chi connectivity index (χ4n) is 1.32. The highest BCUT2D eigenvalue weighted by Crippen LogP contribution is 2.05. The summed E-state index contributed by atoms with van der Waals surface area (Å²) in [7, 11) is 5.75. The van der Waals surface area contributed by atoms with Crippen LogP contribution in [0.1, 0.15) is 15.9 Å². The summed E-state index contributed by atoms with van der Waals surface area (Å²) in [5, 5.41) is 2.60. The first-order valence-electron chi connectivity index (χ1n) is 5.09. The molecule has 0 aromatic heterocycles. The minimum atomic E-state index is -0.0332. The molecule has 15 heavy (non-hydrogen) atoms. The van der Waals surface area contributed by atoms with Crippen LogP contribution in [0.3, 0.4) is 0 Å². The van der Waals surface area contributed by atoms with Crippen LogP contribution in [0.15, 0.2) is 24.3 Å². The Morgan fingerprint density at radius 1 is 1.27 bits per heavy atom. The fourth-order valence-corrected chi connectivity index (χ4v) is 1.32. The quantitative estimate of drug-likeness (QED) is 0.801. The number of nitrogens with zero attached hydrogens (tertiary/aromatic N) is 1. The molecular weight excluding hydrogens is 188 g/mol. The first kappa shape index (κ1) is 11.7. The maximum atomic E-state index is 11.3. The summed E-state index contributed by atoms with van der Waals surface area (Å²) < 4.78 is 0. The van der Waals surface area contributed by atoms with Crippen molar-refractivity contribution in [3.8, 4) is 0 Å². The van der Waals surface area contributed by atoms with Crippen molar-refractivity contribution in [2.45, 2.75) is 6.42 Å². The van der Waals surface area contributed by atoms with Crippen LogP contribution in [0, 0.1) is 0 Å². The largest absolute Gasteiger partial charge is 0.355 e. The minimum absolute atomic E-state index is 0.0332. The molecule has 0 aliphatic carbocycles. The Kier molecular flexibility index (Phi) is 4.31. The molecular formula is C12H18N2O. The molecule has 0 unspecified atom stereocenters. The van der Waals surface area contributed by atoms with Gasteiger partial charge in [-0.05, 0) is 38.2 Å². The van der Waals surface area contributed by atoms with E-state index in [1.54, 1.807) is 7.05 Å². The topological polar surface area (TPSA) is 32.3 Å². The number of nitrogens with one attached hydrogen (secondary N) is 1. The maximum Gasteiger partial charge on any atom is 0.251 e. The van der Waals surface area contributed by atoms with Crippen LogP contribution in [0.5, 0.6) is 0 Å². The number of carbonyl (C=O) groups is 1. The van der Waals surface area contributed by atoms with Gasteiger partial charge in [0, 0.05) is 19.2 Å². The predicted octanol–water partition coefficient (Wildman–Crippen LogP) is 1.15. The lowest BCUT2D eigenvalue weighted by Crippen LogP contribution is -2.18. The zero-order valence-corrected chi connectivity index (χ0v) is 9.58. The number of benzene rings is 1. The number of hydrogen-bond donors (Lipinski definition) is 1. The summed E-state index contributed by atoms with van der Waals surface area (Å²) in [4.78, 5) is 13.4. The Morgan fingerprint density at radius 2 is 1.87 bits per heavy atom. The highest BCUT2D eigenvalue weighted by atomic mass is 16.1. The van der Waals surface area contributed by atoms with Gasteiger partial charge >= 0.3 is 0 Å². The van der Waals surface area contributed by atoms with Gasteiger partial charge < -0.3 is 10.2 Å². The zero-order chi connectivity index (χ0) is 11.3. The second-order valence-electron chi connectivity index (χ2n) is 3.83. The molecule has 0 bridgehead atoms. The molecule has 0 radical (unpaired) electrons. The van der Waals surface area contributed by atoms with E-state index in [2.05, 4.69) is 24.3 Å². The summed E-state index contributed by atoms with van der Waals surface area (Å²) in [6.45, 7) is 1.03. The zero-order valence-electron chi connectivity index (χ0n) is 9.58. The smallest absolute Gasteiger partial charge is 0.251 e. The van der Waals surface area contributed by atoms with Gasteiger partial charge in [-0.15, -0.1) is 0 Å². The summed E-state index contributed by atoms with van der Waals surface area (Å²) in [5.74, 6) is -0.0332. The van der Waals surface area contributed by atoms with Crippen molar-refractivity contribution in [1.82, 2.24) is 10.2 Å². The maximum absolute atomic E-state index is 11.3. The van der Waals surface area contributed by atoms with Crippen LogP contribution in [0.25, 0.3) is 0 Å². The molecule has 1 aromatic rings. The van der Waals surface area contributed by atoms with Crippen molar-refractivity contribution in [2.24, 2.45) is 0 Å². The van der Waals surface area contributed by atoms with Crippen molar-refractivity contribution >= 4 is 5.91 Å². The third kappa shape index (κ3) is 3.72. The molecule has 0 fully saturated rings. The molecule has 1 rings (SSSR count). The molecule has 0 heterocycles. The van der Waals surface area contributed by atoms with E-state index in [0.717, 1.165) is 13.0 Å². The standard InChI is InChI=1S/C12H18N2O/c1-13-12(15)11-6-4-10(5-7-11)8-9-14(2)3/h4-7H,8-9H2,1-3H3,(H,13,15). The molecule has 1 aromatic carbocycles. The van der Waals surface area contributed by atoms with Gasteiger partial charge in [-0.2, -0.15) is 0 Å². The van der Waals surface area contributed by atoms with Gasteiger partial charge in [-0.3, -0.25) is 4.79 Å². The van der Waals surface area contributed by atoms with Gasteiger partial charge in [-0.1, -0.05) is 12.1 Å². The molecule has 0 aliphatic rings. The van der Waals surface area contributed by atoms with Crippen LogP contribution < -0.4 is 5.32 Å².